The van der Waals surface area contributed by atoms with Gasteiger partial charge in [-0.3, -0.25) is 0 Å². The van der Waals surface area contributed by atoms with Crippen molar-refractivity contribution in [2.75, 3.05) is 0 Å². The molecule has 0 saturated heterocycles. The molecule has 1 heteroatoms. The normalized spacial score (nSPS) is 18.0. The van der Waals surface area contributed by atoms with E-state index in [1.807, 2.05) is 19.9 Å². The van der Waals surface area contributed by atoms with Crippen LogP contribution in [0.25, 0.3) is 0 Å². The number of rotatable bonds is 3. The molecule has 0 aromatic carbocycles. The zero-order valence-electron chi connectivity index (χ0n) is 7.44. The van der Waals surface area contributed by atoms with E-state index in [1.165, 1.54) is 12.5 Å². The lowest BCUT2D eigenvalue weighted by atomic mass is 10.2. The second-order valence-electron chi connectivity index (χ2n) is 2.56. The highest BCUT2D eigenvalue weighted by atomic mass is 16.3. The molecular formula is C8H16O. The van der Waals surface area contributed by atoms with Gasteiger partial charge in [-0.2, -0.15) is 0 Å². The summed E-state index contributed by atoms with van der Waals surface area (Å²) >= 11 is 0. The first-order valence-corrected chi connectivity index (χ1v) is 3.27. The highest BCUT2D eigenvalue weighted by Gasteiger charge is 1.90. The summed E-state index contributed by atoms with van der Waals surface area (Å²) in [5, 5.41) is 8.97. The quantitative estimate of drug-likeness (QED) is 0.579. The highest BCUT2D eigenvalue weighted by molar-refractivity contribution is 4.92. The fraction of sp³-hybridized carbons (Fsp3) is 0.750. The predicted molar refractivity (Wildman–Crippen MR) is 40.3 cm³/mol. The minimum atomic E-state index is -1.26. The summed E-state index contributed by atoms with van der Waals surface area (Å²) in [6, 6.07) is 0. The molecule has 0 unspecified atom stereocenters. The monoisotopic (exact) mass is 129 g/mol. The minimum Gasteiger partial charge on any atom is -0.393 e. The number of allylic oxidation sites excluding steroid dienone is 2. The highest BCUT2D eigenvalue weighted by Crippen LogP contribution is 1.99. The second kappa shape index (κ2) is 4.57. The van der Waals surface area contributed by atoms with Crippen LogP contribution in [0.15, 0.2) is 11.6 Å². The molecule has 0 rings (SSSR count). The summed E-state index contributed by atoms with van der Waals surface area (Å²) in [6.07, 6.45) is 2.08. The SMILES string of the molecule is [2H][C@@](C)(O)CCC=C(C)C. The zero-order valence-corrected chi connectivity index (χ0v) is 6.44. The molecule has 0 aliphatic heterocycles. The van der Waals surface area contributed by atoms with Gasteiger partial charge in [0, 0.05) is 0 Å². The molecule has 1 nitrogen and oxygen atoms in total. The third-order valence-electron chi connectivity index (χ3n) is 1.06. The van der Waals surface area contributed by atoms with E-state index in [1.54, 1.807) is 0 Å². The molecule has 0 spiro atoms. The van der Waals surface area contributed by atoms with Crippen LogP contribution in [0.3, 0.4) is 0 Å². The summed E-state index contributed by atoms with van der Waals surface area (Å²) < 4.78 is 7.10. The van der Waals surface area contributed by atoms with Crippen molar-refractivity contribution in [3.63, 3.8) is 0 Å². The lowest BCUT2D eigenvalue weighted by Crippen LogP contribution is -1.96. The molecule has 0 aromatic heterocycles. The largest absolute Gasteiger partial charge is 0.393 e. The molecule has 54 valence electrons. The first-order valence-electron chi connectivity index (χ1n) is 3.77. The number of hydrogen-bond donors (Lipinski definition) is 1. The van der Waals surface area contributed by atoms with Crippen LogP contribution in [-0.2, 0) is 0 Å². The van der Waals surface area contributed by atoms with Gasteiger partial charge in [-0.25, -0.2) is 0 Å². The van der Waals surface area contributed by atoms with Crippen molar-refractivity contribution in [3.05, 3.63) is 11.6 Å². The Morgan fingerprint density at radius 3 is 2.67 bits per heavy atom. The van der Waals surface area contributed by atoms with E-state index >= 15 is 0 Å². The van der Waals surface area contributed by atoms with Crippen LogP contribution in [0.4, 0.5) is 0 Å². The van der Waals surface area contributed by atoms with Crippen LogP contribution in [0.2, 0.25) is 0 Å². The van der Waals surface area contributed by atoms with E-state index in [-0.39, 0.29) is 0 Å². The Kier molecular flexibility index (Phi) is 3.46. The van der Waals surface area contributed by atoms with Gasteiger partial charge in [0.2, 0.25) is 0 Å². The Bertz CT molecular complexity index is 118. The molecular weight excluding hydrogens is 112 g/mol. The molecule has 0 saturated carbocycles. The van der Waals surface area contributed by atoms with Gasteiger partial charge >= 0.3 is 0 Å². The Labute approximate surface area is 58.8 Å². The third kappa shape index (κ3) is 7.70. The minimum absolute atomic E-state index is 0.512. The van der Waals surface area contributed by atoms with Crippen molar-refractivity contribution in [2.45, 2.75) is 39.7 Å². The second-order valence-corrected chi connectivity index (χ2v) is 2.56. The average molecular weight is 129 g/mol. The molecule has 0 aliphatic rings. The lowest BCUT2D eigenvalue weighted by molar-refractivity contribution is 0.186. The average Bonchev–Trinajstić information content (AvgIpc) is 1.59. The molecule has 0 fully saturated rings. The lowest BCUT2D eigenvalue weighted by Gasteiger charge is -1.98. The smallest absolute Gasteiger partial charge is 0.0598 e. The molecule has 0 radical (unpaired) electrons. The summed E-state index contributed by atoms with van der Waals surface area (Å²) in [5.74, 6) is 0. The fourth-order valence-corrected chi connectivity index (χ4v) is 0.570. The van der Waals surface area contributed by atoms with E-state index in [2.05, 4.69) is 0 Å². The van der Waals surface area contributed by atoms with Crippen molar-refractivity contribution in [3.8, 4) is 0 Å². The molecule has 0 aliphatic carbocycles. The van der Waals surface area contributed by atoms with E-state index < -0.39 is 6.08 Å². The van der Waals surface area contributed by atoms with Crippen LogP contribution in [0, 0.1) is 0 Å². The maximum Gasteiger partial charge on any atom is 0.0598 e. The van der Waals surface area contributed by atoms with Gasteiger partial charge in [0.1, 0.15) is 0 Å². The molecule has 0 heterocycles. The standard InChI is InChI=1S/C8H16O/c1-7(2)5-4-6-8(3)9/h5,8-9H,4,6H2,1-3H3/t8-/m0/s1/i8D. The summed E-state index contributed by atoms with van der Waals surface area (Å²) in [7, 11) is 0. The van der Waals surface area contributed by atoms with Gasteiger partial charge in [-0.15, -0.1) is 0 Å². The Hall–Kier alpha value is -0.300. The molecule has 0 bridgehead atoms. The molecule has 0 amide bonds. The first-order chi connectivity index (χ1) is 4.42. The van der Waals surface area contributed by atoms with E-state index in [9.17, 15) is 0 Å². The Morgan fingerprint density at radius 1 is 1.78 bits per heavy atom. The fourth-order valence-electron chi connectivity index (χ4n) is 0.570. The van der Waals surface area contributed by atoms with Gasteiger partial charge < -0.3 is 5.11 Å². The van der Waals surface area contributed by atoms with Gasteiger partial charge in [0.25, 0.3) is 0 Å². The number of aliphatic hydroxyl groups is 1. The van der Waals surface area contributed by atoms with Crippen LogP contribution in [0.1, 0.15) is 35.0 Å². The zero-order chi connectivity index (χ0) is 8.20. The van der Waals surface area contributed by atoms with Crippen LogP contribution in [-0.4, -0.2) is 11.2 Å². The molecule has 0 aromatic rings. The van der Waals surface area contributed by atoms with E-state index in [4.69, 9.17) is 6.48 Å². The van der Waals surface area contributed by atoms with Gasteiger partial charge in [-0.05, 0) is 33.6 Å². The number of hydrogen-bond acceptors (Lipinski definition) is 1. The van der Waals surface area contributed by atoms with Crippen molar-refractivity contribution in [1.82, 2.24) is 0 Å². The van der Waals surface area contributed by atoms with Gasteiger partial charge in [0.05, 0.1) is 7.45 Å². The molecule has 9 heavy (non-hydrogen) atoms. The van der Waals surface area contributed by atoms with Crippen molar-refractivity contribution in [2.24, 2.45) is 0 Å². The predicted octanol–water partition coefficient (Wildman–Crippen LogP) is 2.11. The topological polar surface area (TPSA) is 20.2 Å². The van der Waals surface area contributed by atoms with E-state index in [0.717, 1.165) is 6.42 Å². The first kappa shape index (κ1) is 6.81. The van der Waals surface area contributed by atoms with Crippen molar-refractivity contribution in [1.29, 1.82) is 0 Å². The molecule has 1 N–H and O–H groups in total. The Morgan fingerprint density at radius 2 is 2.33 bits per heavy atom. The summed E-state index contributed by atoms with van der Waals surface area (Å²) in [5.41, 5.74) is 1.24. The van der Waals surface area contributed by atoms with Gasteiger partial charge in [0.15, 0.2) is 0 Å². The maximum absolute atomic E-state index is 8.97. The molecule has 1 atom stereocenters. The third-order valence-corrected chi connectivity index (χ3v) is 1.06. The van der Waals surface area contributed by atoms with Crippen molar-refractivity contribution < 1.29 is 6.48 Å². The van der Waals surface area contributed by atoms with Crippen molar-refractivity contribution >= 4 is 0 Å². The van der Waals surface area contributed by atoms with E-state index in [0.29, 0.717) is 6.42 Å². The Balaban J connectivity index is 3.47. The van der Waals surface area contributed by atoms with Crippen LogP contribution >= 0.6 is 0 Å². The van der Waals surface area contributed by atoms with Gasteiger partial charge in [-0.1, -0.05) is 11.6 Å². The maximum atomic E-state index is 8.97. The van der Waals surface area contributed by atoms with Crippen LogP contribution in [0.5, 0.6) is 0 Å². The summed E-state index contributed by atoms with van der Waals surface area (Å²) in [4.78, 5) is 0. The van der Waals surface area contributed by atoms with Crippen LogP contribution < -0.4 is 0 Å². The summed E-state index contributed by atoms with van der Waals surface area (Å²) in [6.45, 7) is 5.53.